The predicted molar refractivity (Wildman–Crippen MR) is 143 cm³/mol. The maximum absolute atomic E-state index is 13.3. The second kappa shape index (κ2) is 10.3. The summed E-state index contributed by atoms with van der Waals surface area (Å²) >= 11 is 0. The van der Waals surface area contributed by atoms with Crippen molar-refractivity contribution < 1.29 is 19.4 Å². The lowest BCUT2D eigenvalue weighted by molar-refractivity contribution is -0.101. The number of hydrogen-bond acceptors (Lipinski definition) is 5. The summed E-state index contributed by atoms with van der Waals surface area (Å²) in [6.07, 6.45) is 2.21. The van der Waals surface area contributed by atoms with Crippen molar-refractivity contribution >= 4 is 12.0 Å². The van der Waals surface area contributed by atoms with Crippen molar-refractivity contribution in [3.63, 3.8) is 0 Å². The molecule has 1 fully saturated rings. The summed E-state index contributed by atoms with van der Waals surface area (Å²) < 4.78 is 6.12. The van der Waals surface area contributed by atoms with Crippen LogP contribution in [0.2, 0.25) is 0 Å². The van der Waals surface area contributed by atoms with E-state index in [4.69, 9.17) is 4.74 Å². The smallest absolute Gasteiger partial charge is 0.411 e. The highest BCUT2D eigenvalue weighted by molar-refractivity contribution is 5.92. The van der Waals surface area contributed by atoms with E-state index >= 15 is 0 Å². The zero-order valence-electron chi connectivity index (χ0n) is 22.1. The van der Waals surface area contributed by atoms with Crippen LogP contribution in [0.4, 0.5) is 4.79 Å². The van der Waals surface area contributed by atoms with Gasteiger partial charge in [-0.3, -0.25) is 9.78 Å². The van der Waals surface area contributed by atoms with E-state index in [2.05, 4.69) is 4.98 Å². The first-order valence-corrected chi connectivity index (χ1v) is 12.5. The van der Waals surface area contributed by atoms with E-state index in [9.17, 15) is 14.7 Å². The van der Waals surface area contributed by atoms with Crippen LogP contribution < -0.4 is 0 Å². The van der Waals surface area contributed by atoms with Gasteiger partial charge in [-0.15, -0.1) is 0 Å². The molecular weight excluding hydrogens is 466 g/mol. The molecule has 0 saturated carbocycles. The molecule has 2 aromatic carbocycles. The van der Waals surface area contributed by atoms with Gasteiger partial charge in [-0.25, -0.2) is 4.79 Å². The molecule has 1 aliphatic heterocycles. The zero-order valence-corrected chi connectivity index (χ0v) is 22.1. The molecule has 3 aromatic rings. The maximum atomic E-state index is 13.3. The topological polar surface area (TPSA) is 83.0 Å². The number of hydrogen-bond donors (Lipinski definition) is 1. The lowest BCUT2D eigenvalue weighted by atomic mass is 9.80. The summed E-state index contributed by atoms with van der Waals surface area (Å²) in [7, 11) is 3.40. The van der Waals surface area contributed by atoms with E-state index in [1.54, 1.807) is 45.1 Å². The summed E-state index contributed by atoms with van der Waals surface area (Å²) in [5.41, 5.74) is 2.31. The fraction of sp³-hybridized carbons (Fsp3) is 0.367. The van der Waals surface area contributed by atoms with Crippen LogP contribution in [-0.4, -0.2) is 58.1 Å². The van der Waals surface area contributed by atoms with Crippen LogP contribution in [0.3, 0.4) is 0 Å². The Morgan fingerprint density at radius 1 is 1.08 bits per heavy atom. The number of rotatable bonds is 7. The van der Waals surface area contributed by atoms with Crippen molar-refractivity contribution in [3.05, 3.63) is 89.7 Å². The number of carbonyl (C=O) groups is 2. The van der Waals surface area contributed by atoms with Crippen LogP contribution in [0.1, 0.15) is 61.3 Å². The number of ether oxygens (including phenoxy) is 1. The van der Waals surface area contributed by atoms with Crippen molar-refractivity contribution in [2.45, 2.75) is 50.9 Å². The fourth-order valence-corrected chi connectivity index (χ4v) is 4.95. The molecule has 7 nitrogen and oxygen atoms in total. The molecular formula is C30H35N3O4. The Morgan fingerprint density at radius 2 is 1.73 bits per heavy atom. The highest BCUT2D eigenvalue weighted by Crippen LogP contribution is 2.42. The van der Waals surface area contributed by atoms with Gasteiger partial charge in [-0.2, -0.15) is 0 Å². The lowest BCUT2D eigenvalue weighted by Gasteiger charge is -2.45. The van der Waals surface area contributed by atoms with E-state index in [1.165, 1.54) is 4.90 Å². The van der Waals surface area contributed by atoms with Gasteiger partial charge in [0.15, 0.2) is 0 Å². The Hall–Kier alpha value is -3.71. The van der Waals surface area contributed by atoms with Gasteiger partial charge in [-0.1, -0.05) is 60.7 Å². The monoisotopic (exact) mass is 501 g/mol. The van der Waals surface area contributed by atoms with E-state index in [0.717, 1.165) is 22.3 Å². The molecule has 0 spiro atoms. The number of aliphatic hydroxyl groups is 1. The number of carbonyl (C=O) groups excluding carboxylic acids is 2. The summed E-state index contributed by atoms with van der Waals surface area (Å²) in [5.74, 6) is -0.136. The van der Waals surface area contributed by atoms with Gasteiger partial charge in [0, 0.05) is 45.2 Å². The van der Waals surface area contributed by atoms with Crippen molar-refractivity contribution in [3.8, 4) is 11.1 Å². The molecule has 0 bridgehead atoms. The molecule has 194 valence electrons. The molecule has 0 radical (unpaired) electrons. The molecule has 1 aliphatic rings. The molecule has 2 amide bonds. The molecule has 2 unspecified atom stereocenters. The zero-order chi connectivity index (χ0) is 26.8. The standard InChI is InChI=1S/C30H35N3O4/c1-21(22-11-13-23(14-12-22)24-15-16-26(31-19-24)27(34)32(4)5)33-18-17-30(37-28(33)35,20-29(2,3)36)25-9-7-6-8-10-25/h6-16,19,21,36H,17-18,20H2,1-5H3. The van der Waals surface area contributed by atoms with Gasteiger partial charge >= 0.3 is 6.09 Å². The highest BCUT2D eigenvalue weighted by Gasteiger charge is 2.46. The molecule has 1 saturated heterocycles. The van der Waals surface area contributed by atoms with Gasteiger partial charge in [0.2, 0.25) is 0 Å². The Labute approximate surface area is 218 Å². The van der Waals surface area contributed by atoms with Gasteiger partial charge < -0.3 is 19.6 Å². The predicted octanol–water partition coefficient (Wildman–Crippen LogP) is 5.41. The van der Waals surface area contributed by atoms with E-state index in [0.29, 0.717) is 25.1 Å². The minimum atomic E-state index is -0.994. The molecule has 1 aromatic heterocycles. The Bertz CT molecular complexity index is 1230. The van der Waals surface area contributed by atoms with Crippen molar-refractivity contribution in [2.75, 3.05) is 20.6 Å². The van der Waals surface area contributed by atoms with Gasteiger partial charge in [0.1, 0.15) is 11.3 Å². The summed E-state index contributed by atoms with van der Waals surface area (Å²) in [5, 5.41) is 10.6. The van der Waals surface area contributed by atoms with Crippen LogP contribution in [0.5, 0.6) is 0 Å². The van der Waals surface area contributed by atoms with Crippen LogP contribution in [0, 0.1) is 0 Å². The second-order valence-corrected chi connectivity index (χ2v) is 10.6. The quantitative estimate of drug-likeness (QED) is 0.468. The van der Waals surface area contributed by atoms with Crippen molar-refractivity contribution in [1.29, 1.82) is 0 Å². The van der Waals surface area contributed by atoms with Gasteiger partial charge in [0.05, 0.1) is 11.6 Å². The summed E-state index contributed by atoms with van der Waals surface area (Å²) in [6.45, 7) is 5.99. The molecule has 0 aliphatic carbocycles. The number of amides is 2. The SMILES string of the molecule is CC(c1ccc(-c2ccc(C(=O)N(C)C)nc2)cc1)N1CCC(CC(C)(C)O)(c2ccccc2)OC1=O. The third-order valence-electron chi connectivity index (χ3n) is 6.87. The minimum Gasteiger partial charge on any atom is -0.438 e. The Kier molecular flexibility index (Phi) is 7.37. The average molecular weight is 502 g/mol. The van der Waals surface area contributed by atoms with Crippen LogP contribution in [0.15, 0.2) is 72.9 Å². The van der Waals surface area contributed by atoms with Crippen LogP contribution in [-0.2, 0) is 10.3 Å². The first kappa shape index (κ1) is 26.4. The lowest BCUT2D eigenvalue weighted by Crippen LogP contribution is -2.51. The molecule has 1 N–H and O–H groups in total. The third-order valence-corrected chi connectivity index (χ3v) is 6.87. The number of benzene rings is 2. The van der Waals surface area contributed by atoms with Crippen molar-refractivity contribution in [2.24, 2.45) is 0 Å². The largest absolute Gasteiger partial charge is 0.438 e. The molecule has 4 rings (SSSR count). The van der Waals surface area contributed by atoms with Crippen LogP contribution in [0.25, 0.3) is 11.1 Å². The molecule has 2 heterocycles. The first-order chi connectivity index (χ1) is 17.5. The molecule has 37 heavy (non-hydrogen) atoms. The Morgan fingerprint density at radius 3 is 2.27 bits per heavy atom. The molecule has 7 heteroatoms. The Balaban J connectivity index is 1.49. The number of pyridine rings is 1. The van der Waals surface area contributed by atoms with E-state index in [-0.39, 0.29) is 18.0 Å². The number of nitrogens with zero attached hydrogens (tertiary/aromatic N) is 3. The summed E-state index contributed by atoms with van der Waals surface area (Å²) in [6, 6.07) is 21.1. The normalized spacial score (nSPS) is 18.8. The van der Waals surface area contributed by atoms with Crippen molar-refractivity contribution in [1.82, 2.24) is 14.8 Å². The first-order valence-electron chi connectivity index (χ1n) is 12.5. The molecule has 2 atom stereocenters. The average Bonchev–Trinajstić information content (AvgIpc) is 2.88. The second-order valence-electron chi connectivity index (χ2n) is 10.6. The minimum absolute atomic E-state index is 0.136. The number of cyclic esters (lactones) is 1. The van der Waals surface area contributed by atoms with E-state index < -0.39 is 11.2 Å². The fourth-order valence-electron chi connectivity index (χ4n) is 4.95. The third kappa shape index (κ3) is 5.83. The van der Waals surface area contributed by atoms with Gasteiger partial charge in [0.25, 0.3) is 5.91 Å². The van der Waals surface area contributed by atoms with E-state index in [1.807, 2.05) is 67.6 Å². The van der Waals surface area contributed by atoms with Gasteiger partial charge in [-0.05, 0) is 43.5 Å². The number of aromatic nitrogens is 1. The maximum Gasteiger partial charge on any atom is 0.411 e. The highest BCUT2D eigenvalue weighted by atomic mass is 16.6. The summed E-state index contributed by atoms with van der Waals surface area (Å²) in [4.78, 5) is 32.9. The van der Waals surface area contributed by atoms with Crippen LogP contribution >= 0.6 is 0 Å².